The van der Waals surface area contributed by atoms with Crippen LogP contribution in [0.3, 0.4) is 0 Å². The van der Waals surface area contributed by atoms with Gasteiger partial charge < -0.3 is 15.4 Å². The Balaban J connectivity index is 1.49. The number of thiazole rings is 1. The number of aromatic nitrogens is 1. The van der Waals surface area contributed by atoms with Crippen LogP contribution in [0.2, 0.25) is 5.02 Å². The maximum absolute atomic E-state index is 12.5. The highest BCUT2D eigenvalue weighted by Gasteiger charge is 2.41. The molecule has 0 amide bonds. The topological polar surface area (TPSA) is 80.5 Å². The molecule has 152 valence electrons. The van der Waals surface area contributed by atoms with Crippen LogP contribution < -0.4 is 16.0 Å². The second kappa shape index (κ2) is 7.48. The van der Waals surface area contributed by atoms with Crippen molar-refractivity contribution in [1.82, 2.24) is 10.3 Å². The van der Waals surface area contributed by atoms with E-state index in [4.69, 9.17) is 22.1 Å². The van der Waals surface area contributed by atoms with E-state index in [-0.39, 0.29) is 18.1 Å². The molecule has 4 heterocycles. The largest absolute Gasteiger partial charge is 0.459 e. The molecular formula is C19H25ClN4O2S2. The molecular weight excluding hydrogens is 416 g/mol. The molecule has 2 aromatic heterocycles. The van der Waals surface area contributed by atoms with E-state index in [0.29, 0.717) is 11.0 Å². The SMILES string of the molecule is CC(C)(C)OC(=O)C1CCC2CN(c3sc(N)nc3-c3cc(Cl)cs3)CC2N1. The Kier molecular flexibility index (Phi) is 5.33. The molecule has 4 rings (SSSR count). The van der Waals surface area contributed by atoms with Gasteiger partial charge in [0.15, 0.2) is 5.13 Å². The van der Waals surface area contributed by atoms with E-state index in [1.54, 1.807) is 11.3 Å². The molecule has 28 heavy (non-hydrogen) atoms. The van der Waals surface area contributed by atoms with Gasteiger partial charge in [0.25, 0.3) is 0 Å². The van der Waals surface area contributed by atoms with Gasteiger partial charge in [0.2, 0.25) is 0 Å². The maximum atomic E-state index is 12.5. The Labute approximate surface area is 178 Å². The first-order valence-corrected chi connectivity index (χ1v) is 11.5. The number of nitrogen functional groups attached to an aromatic ring is 1. The van der Waals surface area contributed by atoms with E-state index < -0.39 is 5.60 Å². The number of anilines is 2. The summed E-state index contributed by atoms with van der Waals surface area (Å²) in [6.07, 6.45) is 1.81. The molecule has 0 aromatic carbocycles. The van der Waals surface area contributed by atoms with E-state index in [1.165, 1.54) is 11.3 Å². The lowest BCUT2D eigenvalue weighted by Crippen LogP contribution is -2.52. The zero-order valence-corrected chi connectivity index (χ0v) is 18.6. The van der Waals surface area contributed by atoms with E-state index in [9.17, 15) is 4.79 Å². The van der Waals surface area contributed by atoms with Gasteiger partial charge in [-0.2, -0.15) is 0 Å². The summed E-state index contributed by atoms with van der Waals surface area (Å²) in [5.74, 6) is 0.349. The molecule has 0 radical (unpaired) electrons. The van der Waals surface area contributed by atoms with E-state index >= 15 is 0 Å². The molecule has 2 aliphatic heterocycles. The molecule has 3 unspecified atom stereocenters. The smallest absolute Gasteiger partial charge is 0.323 e. The summed E-state index contributed by atoms with van der Waals surface area (Å²) in [7, 11) is 0. The van der Waals surface area contributed by atoms with Crippen LogP contribution in [0.1, 0.15) is 33.6 Å². The van der Waals surface area contributed by atoms with Crippen molar-refractivity contribution in [2.75, 3.05) is 23.7 Å². The van der Waals surface area contributed by atoms with Crippen molar-refractivity contribution < 1.29 is 9.53 Å². The Morgan fingerprint density at radius 3 is 2.86 bits per heavy atom. The minimum absolute atomic E-state index is 0.152. The first kappa shape index (κ1) is 19.9. The fraction of sp³-hybridized carbons (Fsp3) is 0.579. The molecule has 6 nitrogen and oxygen atoms in total. The van der Waals surface area contributed by atoms with Crippen molar-refractivity contribution in [1.29, 1.82) is 0 Å². The number of nitrogens with one attached hydrogen (secondary N) is 1. The van der Waals surface area contributed by atoms with Gasteiger partial charge in [-0.05, 0) is 45.6 Å². The monoisotopic (exact) mass is 440 g/mol. The fourth-order valence-corrected chi connectivity index (χ4v) is 5.93. The Morgan fingerprint density at radius 2 is 2.18 bits per heavy atom. The van der Waals surface area contributed by atoms with Gasteiger partial charge in [-0.3, -0.25) is 10.1 Å². The van der Waals surface area contributed by atoms with E-state index in [1.807, 2.05) is 32.2 Å². The summed E-state index contributed by atoms with van der Waals surface area (Å²) in [6.45, 7) is 7.48. The van der Waals surface area contributed by atoms with E-state index in [2.05, 4.69) is 15.2 Å². The van der Waals surface area contributed by atoms with Gasteiger partial charge in [-0.15, -0.1) is 11.3 Å². The van der Waals surface area contributed by atoms with Crippen molar-refractivity contribution in [2.45, 2.75) is 51.3 Å². The second-order valence-corrected chi connectivity index (χ2v) is 10.8. The minimum atomic E-state index is -0.464. The van der Waals surface area contributed by atoms with Crippen molar-refractivity contribution >= 4 is 50.4 Å². The number of rotatable bonds is 3. The van der Waals surface area contributed by atoms with Gasteiger partial charge in [0, 0.05) is 24.5 Å². The van der Waals surface area contributed by atoms with Gasteiger partial charge in [-0.1, -0.05) is 22.9 Å². The molecule has 0 saturated carbocycles. The predicted molar refractivity (Wildman–Crippen MR) is 116 cm³/mol. The maximum Gasteiger partial charge on any atom is 0.323 e. The van der Waals surface area contributed by atoms with Crippen LogP contribution in [0.4, 0.5) is 10.1 Å². The number of carbonyl (C=O) groups is 1. The molecule has 0 bridgehead atoms. The number of halogens is 1. The summed E-state index contributed by atoms with van der Waals surface area (Å²) < 4.78 is 5.57. The van der Waals surface area contributed by atoms with Crippen LogP contribution in [0.15, 0.2) is 11.4 Å². The number of fused-ring (bicyclic) bond motifs is 1. The Bertz CT molecular complexity index is 876. The van der Waals surface area contributed by atoms with Crippen LogP contribution >= 0.6 is 34.3 Å². The van der Waals surface area contributed by atoms with Gasteiger partial charge in [0.1, 0.15) is 22.3 Å². The number of thiophene rings is 1. The van der Waals surface area contributed by atoms with Gasteiger partial charge in [-0.25, -0.2) is 4.98 Å². The van der Waals surface area contributed by atoms with Crippen LogP contribution in [0, 0.1) is 5.92 Å². The Morgan fingerprint density at radius 1 is 1.39 bits per heavy atom. The third-order valence-corrected chi connectivity index (χ3v) is 7.32. The zero-order valence-electron chi connectivity index (χ0n) is 16.2. The lowest BCUT2D eigenvalue weighted by molar-refractivity contribution is -0.158. The summed E-state index contributed by atoms with van der Waals surface area (Å²) in [5, 5.41) is 7.80. The predicted octanol–water partition coefficient (Wildman–Crippen LogP) is 4.01. The molecule has 0 aliphatic carbocycles. The number of ether oxygens (including phenoxy) is 1. The lowest BCUT2D eigenvalue weighted by atomic mass is 9.90. The van der Waals surface area contributed by atoms with Crippen LogP contribution in [-0.2, 0) is 9.53 Å². The normalized spacial score (nSPS) is 25.0. The highest BCUT2D eigenvalue weighted by molar-refractivity contribution is 7.20. The number of carbonyl (C=O) groups excluding carboxylic acids is 1. The average Bonchev–Trinajstić information content (AvgIpc) is 3.29. The minimum Gasteiger partial charge on any atom is -0.459 e. The van der Waals surface area contributed by atoms with Crippen LogP contribution in [0.25, 0.3) is 10.6 Å². The van der Waals surface area contributed by atoms with Crippen molar-refractivity contribution in [2.24, 2.45) is 5.92 Å². The number of hydrogen-bond acceptors (Lipinski definition) is 8. The first-order valence-electron chi connectivity index (χ1n) is 9.44. The van der Waals surface area contributed by atoms with Gasteiger partial charge >= 0.3 is 5.97 Å². The summed E-state index contributed by atoms with van der Waals surface area (Å²) in [4.78, 5) is 20.4. The summed E-state index contributed by atoms with van der Waals surface area (Å²) in [5.41, 5.74) is 6.47. The Hall–Kier alpha value is -1.35. The molecule has 2 saturated heterocycles. The highest BCUT2D eigenvalue weighted by Crippen LogP contribution is 2.43. The lowest BCUT2D eigenvalue weighted by Gasteiger charge is -2.32. The molecule has 3 atom stereocenters. The third kappa shape index (κ3) is 4.15. The van der Waals surface area contributed by atoms with Crippen molar-refractivity contribution in [3.8, 4) is 10.6 Å². The zero-order chi connectivity index (χ0) is 20.1. The molecule has 3 N–H and O–H groups in total. The number of esters is 1. The number of hydrogen-bond donors (Lipinski definition) is 2. The standard InChI is InChI=1S/C19H25ClN4O2S2/c1-19(2,3)26-17(25)12-5-4-10-7-24(8-13(10)22-12)16-15(23-18(21)28-16)14-6-11(20)9-27-14/h6,9-10,12-13,22H,4-5,7-8H2,1-3H3,(H2,21,23). The molecule has 9 heteroatoms. The van der Waals surface area contributed by atoms with Crippen molar-refractivity contribution in [3.63, 3.8) is 0 Å². The molecule has 2 aliphatic rings. The fourth-order valence-electron chi connectivity index (χ4n) is 3.94. The number of nitrogens with two attached hydrogens (primary N) is 1. The van der Waals surface area contributed by atoms with Crippen LogP contribution in [0.5, 0.6) is 0 Å². The second-order valence-electron chi connectivity index (χ2n) is 8.44. The average molecular weight is 441 g/mol. The number of piperidine rings is 1. The quantitative estimate of drug-likeness (QED) is 0.702. The third-order valence-electron chi connectivity index (χ3n) is 5.09. The van der Waals surface area contributed by atoms with Crippen molar-refractivity contribution in [3.05, 3.63) is 16.5 Å². The van der Waals surface area contributed by atoms with Gasteiger partial charge in [0.05, 0.1) is 9.90 Å². The van der Waals surface area contributed by atoms with Crippen LogP contribution in [-0.4, -0.2) is 41.7 Å². The molecule has 2 aromatic rings. The van der Waals surface area contributed by atoms with E-state index in [0.717, 1.165) is 46.5 Å². The summed E-state index contributed by atoms with van der Waals surface area (Å²) >= 11 is 9.20. The molecule has 2 fully saturated rings. The first-order chi connectivity index (χ1) is 13.2. The number of nitrogens with zero attached hydrogens (tertiary/aromatic N) is 2. The highest BCUT2D eigenvalue weighted by atomic mass is 35.5. The molecule has 0 spiro atoms. The summed E-state index contributed by atoms with van der Waals surface area (Å²) in [6, 6.07) is 1.96.